The molecule has 0 unspecified atom stereocenters. The molecule has 0 aliphatic heterocycles. The first-order valence-electron chi connectivity index (χ1n) is 4.93. The van der Waals surface area contributed by atoms with Gasteiger partial charge in [-0.1, -0.05) is 30.3 Å². The average Bonchev–Trinajstić information content (AvgIpc) is 2.78. The molecule has 0 amide bonds. The number of allylic oxidation sites excluding steroid dienone is 1. The van der Waals surface area contributed by atoms with Gasteiger partial charge in [0.1, 0.15) is 6.07 Å². The average molecular weight is 289 g/mol. The van der Waals surface area contributed by atoms with E-state index in [-0.39, 0.29) is 0 Å². The van der Waals surface area contributed by atoms with Crippen LogP contribution in [0, 0.1) is 11.3 Å². The van der Waals surface area contributed by atoms with Crippen LogP contribution in [0.5, 0.6) is 0 Å². The van der Waals surface area contributed by atoms with Crippen LogP contribution < -0.4 is 5.73 Å². The third-order valence-electron chi connectivity index (χ3n) is 2.28. The van der Waals surface area contributed by atoms with E-state index in [0.29, 0.717) is 21.7 Å². The Kier molecular flexibility index (Phi) is 3.31. The van der Waals surface area contributed by atoms with Crippen molar-refractivity contribution in [1.29, 1.82) is 5.26 Å². The number of rotatable bonds is 2. The predicted octanol–water partition coefficient (Wildman–Crippen LogP) is 3.39. The summed E-state index contributed by atoms with van der Waals surface area (Å²) in [5.41, 5.74) is 7.46. The van der Waals surface area contributed by atoms with Crippen LogP contribution in [0.15, 0.2) is 51.6 Å². The van der Waals surface area contributed by atoms with Gasteiger partial charge in [0.25, 0.3) is 0 Å². The molecule has 2 aromatic rings. The molecule has 1 aromatic heterocycles. The SMILES string of the molecule is N#C/C(=C(/N)c1ccc(Br)o1)c1ccccc1. The molecule has 0 aliphatic carbocycles. The Bertz CT molecular complexity index is 593. The van der Waals surface area contributed by atoms with Crippen molar-refractivity contribution in [3.8, 4) is 6.07 Å². The third kappa shape index (κ3) is 2.40. The highest BCUT2D eigenvalue weighted by Gasteiger charge is 2.11. The van der Waals surface area contributed by atoms with E-state index in [2.05, 4.69) is 22.0 Å². The van der Waals surface area contributed by atoms with Crippen LogP contribution in [0.2, 0.25) is 0 Å². The van der Waals surface area contributed by atoms with E-state index in [9.17, 15) is 5.26 Å². The Labute approximate surface area is 107 Å². The van der Waals surface area contributed by atoms with Gasteiger partial charge in [0, 0.05) is 0 Å². The summed E-state index contributed by atoms with van der Waals surface area (Å²) in [7, 11) is 0. The zero-order valence-corrected chi connectivity index (χ0v) is 10.4. The van der Waals surface area contributed by atoms with Gasteiger partial charge in [-0.3, -0.25) is 0 Å². The Morgan fingerprint density at radius 1 is 1.18 bits per heavy atom. The molecule has 0 saturated heterocycles. The summed E-state index contributed by atoms with van der Waals surface area (Å²) < 4.78 is 5.92. The Balaban J connectivity index is 2.52. The number of hydrogen-bond donors (Lipinski definition) is 1. The molecule has 0 spiro atoms. The van der Waals surface area contributed by atoms with Gasteiger partial charge in [-0.05, 0) is 33.6 Å². The van der Waals surface area contributed by atoms with Gasteiger partial charge < -0.3 is 10.2 Å². The van der Waals surface area contributed by atoms with E-state index in [0.717, 1.165) is 5.56 Å². The predicted molar refractivity (Wildman–Crippen MR) is 69.5 cm³/mol. The van der Waals surface area contributed by atoms with Gasteiger partial charge in [0.05, 0.1) is 11.3 Å². The van der Waals surface area contributed by atoms with Gasteiger partial charge in [0.2, 0.25) is 0 Å². The van der Waals surface area contributed by atoms with Crippen LogP contribution >= 0.6 is 15.9 Å². The van der Waals surface area contributed by atoms with E-state index in [1.54, 1.807) is 12.1 Å². The van der Waals surface area contributed by atoms with E-state index < -0.39 is 0 Å². The molecule has 17 heavy (non-hydrogen) atoms. The lowest BCUT2D eigenvalue weighted by Gasteiger charge is -2.02. The van der Waals surface area contributed by atoms with E-state index >= 15 is 0 Å². The highest BCUT2D eigenvalue weighted by molar-refractivity contribution is 9.10. The largest absolute Gasteiger partial charge is 0.448 e. The maximum absolute atomic E-state index is 9.18. The highest BCUT2D eigenvalue weighted by atomic mass is 79.9. The summed E-state index contributed by atoms with van der Waals surface area (Å²) in [5.74, 6) is 0.484. The molecule has 84 valence electrons. The molecule has 2 rings (SSSR count). The van der Waals surface area contributed by atoms with Crippen LogP contribution in [0.1, 0.15) is 11.3 Å². The standard InChI is InChI=1S/C13H9BrN2O/c14-12-7-6-11(17-12)13(16)10(8-15)9-4-2-1-3-5-9/h1-7H,16H2/b13-10-. The van der Waals surface area contributed by atoms with Crippen LogP contribution in [-0.2, 0) is 0 Å². The Morgan fingerprint density at radius 2 is 1.88 bits per heavy atom. The minimum atomic E-state index is 0.337. The smallest absolute Gasteiger partial charge is 0.169 e. The van der Waals surface area contributed by atoms with Crippen molar-refractivity contribution in [3.05, 3.63) is 58.5 Å². The fourth-order valence-electron chi connectivity index (χ4n) is 1.47. The third-order valence-corrected chi connectivity index (χ3v) is 2.71. The van der Waals surface area contributed by atoms with Gasteiger partial charge in [0.15, 0.2) is 10.4 Å². The Morgan fingerprint density at radius 3 is 2.41 bits per heavy atom. The summed E-state index contributed by atoms with van der Waals surface area (Å²) in [6.45, 7) is 0. The van der Waals surface area contributed by atoms with Crippen molar-refractivity contribution in [2.75, 3.05) is 0 Å². The number of nitrogens with two attached hydrogens (primary N) is 1. The van der Waals surface area contributed by atoms with Crippen LogP contribution in [-0.4, -0.2) is 0 Å². The monoisotopic (exact) mass is 288 g/mol. The van der Waals surface area contributed by atoms with Gasteiger partial charge in [-0.25, -0.2) is 0 Å². The molecule has 0 fully saturated rings. The molecule has 1 aromatic carbocycles. The van der Waals surface area contributed by atoms with Crippen molar-refractivity contribution >= 4 is 27.2 Å². The van der Waals surface area contributed by atoms with Crippen LogP contribution in [0.3, 0.4) is 0 Å². The van der Waals surface area contributed by atoms with E-state index in [1.807, 2.05) is 30.3 Å². The maximum Gasteiger partial charge on any atom is 0.169 e. The first-order valence-corrected chi connectivity index (χ1v) is 5.72. The zero-order valence-electron chi connectivity index (χ0n) is 8.85. The second kappa shape index (κ2) is 4.89. The summed E-state index contributed by atoms with van der Waals surface area (Å²) in [5, 5.41) is 9.18. The van der Waals surface area contributed by atoms with Gasteiger partial charge >= 0.3 is 0 Å². The lowest BCUT2D eigenvalue weighted by Crippen LogP contribution is -1.99. The summed E-state index contributed by atoms with van der Waals surface area (Å²) in [4.78, 5) is 0. The van der Waals surface area contributed by atoms with E-state index in [4.69, 9.17) is 10.2 Å². The molecular weight excluding hydrogens is 280 g/mol. The molecule has 2 N–H and O–H groups in total. The van der Waals surface area contributed by atoms with E-state index in [1.165, 1.54) is 0 Å². The lowest BCUT2D eigenvalue weighted by molar-refractivity contribution is 0.527. The molecule has 0 saturated carbocycles. The molecule has 0 aliphatic rings. The number of nitriles is 1. The number of benzene rings is 1. The zero-order chi connectivity index (χ0) is 12.3. The summed E-state index contributed by atoms with van der Waals surface area (Å²) in [6, 6.07) is 14.8. The van der Waals surface area contributed by atoms with Crippen LogP contribution in [0.4, 0.5) is 0 Å². The first-order chi connectivity index (χ1) is 8.22. The second-order valence-corrected chi connectivity index (χ2v) is 4.15. The second-order valence-electron chi connectivity index (χ2n) is 3.37. The number of nitrogens with zero attached hydrogens (tertiary/aromatic N) is 1. The fraction of sp³-hybridized carbons (Fsp3) is 0. The van der Waals surface area contributed by atoms with Crippen molar-refractivity contribution in [3.63, 3.8) is 0 Å². The number of furan rings is 1. The van der Waals surface area contributed by atoms with Crippen molar-refractivity contribution in [2.24, 2.45) is 5.73 Å². The molecule has 0 atom stereocenters. The molecule has 3 nitrogen and oxygen atoms in total. The lowest BCUT2D eigenvalue weighted by atomic mass is 10.0. The molecule has 0 radical (unpaired) electrons. The van der Waals surface area contributed by atoms with Crippen LogP contribution in [0.25, 0.3) is 11.3 Å². The number of hydrogen-bond acceptors (Lipinski definition) is 3. The summed E-state index contributed by atoms with van der Waals surface area (Å²) >= 11 is 3.20. The first kappa shape index (κ1) is 11.5. The topological polar surface area (TPSA) is 63.0 Å². The van der Waals surface area contributed by atoms with Gasteiger partial charge in [-0.2, -0.15) is 5.26 Å². The van der Waals surface area contributed by atoms with Crippen molar-refractivity contribution in [1.82, 2.24) is 0 Å². The minimum Gasteiger partial charge on any atom is -0.448 e. The van der Waals surface area contributed by atoms with Gasteiger partial charge in [-0.15, -0.1) is 0 Å². The highest BCUT2D eigenvalue weighted by Crippen LogP contribution is 2.25. The maximum atomic E-state index is 9.18. The number of halogens is 1. The quantitative estimate of drug-likeness (QED) is 0.862. The minimum absolute atomic E-state index is 0.337. The fourth-order valence-corrected chi connectivity index (χ4v) is 1.77. The molecule has 4 heteroatoms. The van der Waals surface area contributed by atoms with Crippen molar-refractivity contribution in [2.45, 2.75) is 0 Å². The molecule has 1 heterocycles. The molecule has 0 bridgehead atoms. The Hall–Kier alpha value is -1.99. The van der Waals surface area contributed by atoms with Crippen molar-refractivity contribution < 1.29 is 4.42 Å². The normalized spacial score (nSPS) is 11.8. The molecular formula is C13H9BrN2O. The summed E-state index contributed by atoms with van der Waals surface area (Å²) in [6.07, 6.45) is 0.